The molecular weight excluding hydrogens is 323 g/mol. The van der Waals surface area contributed by atoms with Crippen molar-refractivity contribution in [1.29, 1.82) is 0 Å². The Morgan fingerprint density at radius 1 is 1.26 bits per heavy atom. The average Bonchev–Trinajstić information content (AvgIpc) is 2.91. The number of thiophene rings is 1. The van der Waals surface area contributed by atoms with Gasteiger partial charge in [0.1, 0.15) is 10.8 Å². The van der Waals surface area contributed by atoms with Gasteiger partial charge in [-0.15, -0.1) is 11.3 Å². The highest BCUT2D eigenvalue weighted by Crippen LogP contribution is 2.31. The van der Waals surface area contributed by atoms with E-state index in [2.05, 4.69) is 10.6 Å². The number of anilines is 2. The van der Waals surface area contributed by atoms with Crippen LogP contribution in [0.5, 0.6) is 0 Å². The van der Waals surface area contributed by atoms with Gasteiger partial charge in [-0.3, -0.25) is 14.9 Å². The molecule has 0 aliphatic heterocycles. The Labute approximate surface area is 135 Å². The van der Waals surface area contributed by atoms with E-state index in [0.717, 1.165) is 5.00 Å². The number of halogens is 1. The molecule has 6 N–H and O–H groups in total. The number of hydrogen-bond acceptors (Lipinski definition) is 5. The van der Waals surface area contributed by atoms with Crippen molar-refractivity contribution in [2.75, 3.05) is 17.7 Å². The number of benzene rings is 1. The van der Waals surface area contributed by atoms with Crippen LogP contribution in [0.1, 0.15) is 20.7 Å². The van der Waals surface area contributed by atoms with Crippen LogP contribution in [-0.4, -0.2) is 25.3 Å². The Kier molecular flexibility index (Phi) is 6.68. The first-order chi connectivity index (χ1) is 10.9. The van der Waals surface area contributed by atoms with Crippen molar-refractivity contribution in [2.24, 2.45) is 11.5 Å². The highest BCUT2D eigenvalue weighted by atomic mass is 32.1. The lowest BCUT2D eigenvalue weighted by Gasteiger charge is -1.98. The monoisotopic (exact) mass is 338 g/mol. The van der Waals surface area contributed by atoms with Crippen LogP contribution in [0.4, 0.5) is 19.2 Å². The van der Waals surface area contributed by atoms with Crippen LogP contribution in [-0.2, 0) is 0 Å². The standard InChI is InChI=1S/C7H5FO.C7H10N4O2S/c8-7-4-2-1-3-6(7)5-9;1-10-4-2-3(5(8)12)6(14-4)11-7(9)13/h1-5H;2,10H,1H3,(H2,8,12)(H3,9,11,13). The van der Waals surface area contributed by atoms with E-state index in [-0.39, 0.29) is 11.1 Å². The van der Waals surface area contributed by atoms with Gasteiger partial charge >= 0.3 is 6.03 Å². The maximum absolute atomic E-state index is 12.4. The summed E-state index contributed by atoms with van der Waals surface area (Å²) in [5.41, 5.74) is 10.4. The Morgan fingerprint density at radius 2 is 1.91 bits per heavy atom. The molecule has 0 atom stereocenters. The molecule has 23 heavy (non-hydrogen) atoms. The van der Waals surface area contributed by atoms with Crippen LogP contribution < -0.4 is 22.1 Å². The summed E-state index contributed by atoms with van der Waals surface area (Å²) in [7, 11) is 1.70. The molecule has 122 valence electrons. The van der Waals surface area contributed by atoms with Crippen molar-refractivity contribution in [3.63, 3.8) is 0 Å². The van der Waals surface area contributed by atoms with E-state index in [9.17, 15) is 18.8 Å². The van der Waals surface area contributed by atoms with Crippen LogP contribution in [0.15, 0.2) is 30.3 Å². The van der Waals surface area contributed by atoms with Gasteiger partial charge in [-0.1, -0.05) is 12.1 Å². The summed E-state index contributed by atoms with van der Waals surface area (Å²) in [5, 5.41) is 6.24. The summed E-state index contributed by atoms with van der Waals surface area (Å²) >= 11 is 1.19. The minimum atomic E-state index is -0.725. The fourth-order valence-corrected chi connectivity index (χ4v) is 2.39. The van der Waals surface area contributed by atoms with E-state index in [1.165, 1.54) is 23.5 Å². The largest absolute Gasteiger partial charge is 0.380 e. The first-order valence-electron chi connectivity index (χ1n) is 6.26. The van der Waals surface area contributed by atoms with Crippen molar-refractivity contribution in [1.82, 2.24) is 0 Å². The lowest BCUT2D eigenvalue weighted by molar-refractivity contribution is 0.100. The predicted octanol–water partition coefficient (Wildman–Crippen LogP) is 2.02. The molecular formula is C14H15FN4O3S. The minimum Gasteiger partial charge on any atom is -0.380 e. The maximum atomic E-state index is 12.4. The lowest BCUT2D eigenvalue weighted by atomic mass is 10.2. The number of urea groups is 1. The number of carbonyl (C=O) groups is 3. The molecule has 0 bridgehead atoms. The molecule has 0 saturated heterocycles. The zero-order valence-corrected chi connectivity index (χ0v) is 12.9. The fourth-order valence-electron chi connectivity index (χ4n) is 1.47. The third-order valence-electron chi connectivity index (χ3n) is 2.51. The first-order valence-corrected chi connectivity index (χ1v) is 7.08. The van der Waals surface area contributed by atoms with E-state index in [4.69, 9.17) is 11.5 Å². The molecule has 2 aromatic rings. The summed E-state index contributed by atoms with van der Waals surface area (Å²) in [6.07, 6.45) is 0.495. The Bertz CT molecular complexity index is 718. The molecule has 0 spiro atoms. The quantitative estimate of drug-likeness (QED) is 0.636. The van der Waals surface area contributed by atoms with Gasteiger partial charge in [0.25, 0.3) is 5.91 Å². The molecule has 3 amide bonds. The summed E-state index contributed by atoms with van der Waals surface area (Å²) in [4.78, 5) is 31.5. The topological polar surface area (TPSA) is 127 Å². The van der Waals surface area contributed by atoms with Gasteiger partial charge in [-0.25, -0.2) is 9.18 Å². The number of nitrogens with two attached hydrogens (primary N) is 2. The molecule has 0 saturated carbocycles. The van der Waals surface area contributed by atoms with Crippen molar-refractivity contribution in [2.45, 2.75) is 0 Å². The molecule has 0 unspecified atom stereocenters. The minimum absolute atomic E-state index is 0.109. The van der Waals surface area contributed by atoms with Crippen molar-refractivity contribution in [3.8, 4) is 0 Å². The molecule has 9 heteroatoms. The van der Waals surface area contributed by atoms with E-state index in [1.807, 2.05) is 0 Å². The Balaban J connectivity index is 0.000000253. The summed E-state index contributed by atoms with van der Waals surface area (Å²) in [6, 6.07) is 6.68. The number of nitrogens with one attached hydrogen (secondary N) is 2. The van der Waals surface area contributed by atoms with Crippen LogP contribution >= 0.6 is 11.3 Å². The maximum Gasteiger partial charge on any atom is 0.317 e. The van der Waals surface area contributed by atoms with Crippen molar-refractivity contribution >= 4 is 39.6 Å². The van der Waals surface area contributed by atoms with Crippen LogP contribution in [0.3, 0.4) is 0 Å². The van der Waals surface area contributed by atoms with E-state index < -0.39 is 17.8 Å². The van der Waals surface area contributed by atoms with Gasteiger partial charge in [0.2, 0.25) is 0 Å². The highest BCUT2D eigenvalue weighted by Gasteiger charge is 2.14. The Hall–Kier alpha value is -2.94. The molecule has 1 aromatic heterocycles. The zero-order chi connectivity index (χ0) is 17.4. The number of primary amides is 2. The second kappa shape index (κ2) is 8.49. The van der Waals surface area contributed by atoms with Crippen LogP contribution in [0.25, 0.3) is 0 Å². The average molecular weight is 338 g/mol. The van der Waals surface area contributed by atoms with E-state index in [0.29, 0.717) is 11.3 Å². The third kappa shape index (κ3) is 5.40. The van der Waals surface area contributed by atoms with Crippen LogP contribution in [0.2, 0.25) is 0 Å². The third-order valence-corrected chi connectivity index (χ3v) is 3.58. The molecule has 2 rings (SSSR count). The second-order valence-corrected chi connectivity index (χ2v) is 5.15. The summed E-state index contributed by atoms with van der Waals surface area (Å²) < 4.78 is 12.4. The first kappa shape index (κ1) is 18.1. The number of hydrogen-bond donors (Lipinski definition) is 4. The fraction of sp³-hybridized carbons (Fsp3) is 0.0714. The predicted molar refractivity (Wildman–Crippen MR) is 87.4 cm³/mol. The highest BCUT2D eigenvalue weighted by molar-refractivity contribution is 7.20. The Morgan fingerprint density at radius 3 is 2.35 bits per heavy atom. The van der Waals surface area contributed by atoms with Gasteiger partial charge in [0, 0.05) is 7.05 Å². The number of aldehydes is 1. The second-order valence-electron chi connectivity index (χ2n) is 4.10. The SMILES string of the molecule is CNc1cc(C(N)=O)c(NC(N)=O)s1.O=Cc1ccccc1F. The lowest BCUT2D eigenvalue weighted by Crippen LogP contribution is -2.21. The molecule has 1 aromatic carbocycles. The van der Waals surface area contributed by atoms with Gasteiger partial charge in [-0.2, -0.15) is 0 Å². The molecule has 0 fully saturated rings. The van der Waals surface area contributed by atoms with Crippen molar-refractivity contribution < 1.29 is 18.8 Å². The summed E-state index contributed by atoms with van der Waals surface area (Å²) in [5.74, 6) is -1.07. The van der Waals surface area contributed by atoms with E-state index in [1.54, 1.807) is 25.2 Å². The molecule has 0 aliphatic rings. The van der Waals surface area contributed by atoms with Gasteiger partial charge in [-0.05, 0) is 18.2 Å². The smallest absolute Gasteiger partial charge is 0.317 e. The molecule has 1 heterocycles. The van der Waals surface area contributed by atoms with Gasteiger partial charge in [0.05, 0.1) is 16.1 Å². The normalized spacial score (nSPS) is 9.30. The van der Waals surface area contributed by atoms with Gasteiger partial charge < -0.3 is 16.8 Å². The molecule has 0 aliphatic carbocycles. The number of amides is 3. The summed E-state index contributed by atoms with van der Waals surface area (Å²) in [6.45, 7) is 0. The molecule has 7 nitrogen and oxygen atoms in total. The van der Waals surface area contributed by atoms with E-state index >= 15 is 0 Å². The number of carbonyl (C=O) groups excluding carboxylic acids is 3. The van der Waals surface area contributed by atoms with Crippen LogP contribution in [0, 0.1) is 5.82 Å². The zero-order valence-electron chi connectivity index (χ0n) is 12.1. The van der Waals surface area contributed by atoms with Gasteiger partial charge in [0.15, 0.2) is 6.29 Å². The number of rotatable bonds is 4. The van der Waals surface area contributed by atoms with Crippen molar-refractivity contribution in [3.05, 3.63) is 47.3 Å². The molecule has 0 radical (unpaired) electrons.